The fourth-order valence-electron chi connectivity index (χ4n) is 3.76. The molecule has 2 heterocycles. The third kappa shape index (κ3) is 4.41. The summed E-state index contributed by atoms with van der Waals surface area (Å²) in [5.74, 6) is 0.0724. The highest BCUT2D eigenvalue weighted by molar-refractivity contribution is 5.97. The Bertz CT molecular complexity index is 582. The Morgan fingerprint density at radius 1 is 1.26 bits per heavy atom. The number of carboxylic acid groups (broad SMARTS) is 1. The first-order valence-electron chi connectivity index (χ1n) is 8.83. The molecule has 0 amide bonds. The van der Waals surface area contributed by atoms with E-state index in [-0.39, 0.29) is 0 Å². The number of carbonyl (C=O) groups is 1. The molecule has 23 heavy (non-hydrogen) atoms. The van der Waals surface area contributed by atoms with Gasteiger partial charge < -0.3 is 10.4 Å². The number of nitrogens with zero attached hydrogens (tertiary/aromatic N) is 1. The highest BCUT2D eigenvalue weighted by Crippen LogP contribution is 2.30. The van der Waals surface area contributed by atoms with E-state index in [1.165, 1.54) is 30.5 Å². The summed E-state index contributed by atoms with van der Waals surface area (Å²) >= 11 is 0. The van der Waals surface area contributed by atoms with E-state index in [0.29, 0.717) is 12.5 Å². The van der Waals surface area contributed by atoms with Crippen LogP contribution in [-0.2, 0) is 11.2 Å². The summed E-state index contributed by atoms with van der Waals surface area (Å²) in [6.07, 6.45) is 7.92. The largest absolute Gasteiger partial charge is 0.481 e. The van der Waals surface area contributed by atoms with Gasteiger partial charge in [-0.05, 0) is 43.4 Å². The molecule has 4 heteroatoms. The first-order chi connectivity index (χ1) is 11.2. The van der Waals surface area contributed by atoms with Gasteiger partial charge in [0.1, 0.15) is 0 Å². The summed E-state index contributed by atoms with van der Waals surface area (Å²) in [6, 6.07) is 8.84. The van der Waals surface area contributed by atoms with E-state index >= 15 is 0 Å². The molecule has 0 radical (unpaired) electrons. The number of unbranched alkanes of at least 4 members (excludes halogenated alkanes) is 2. The van der Waals surface area contributed by atoms with Gasteiger partial charge in [0.05, 0.1) is 5.69 Å². The Kier molecular flexibility index (Phi) is 5.44. The molecular weight excluding hydrogens is 288 g/mol. The van der Waals surface area contributed by atoms with Gasteiger partial charge in [-0.2, -0.15) is 0 Å². The van der Waals surface area contributed by atoms with Crippen LogP contribution in [0.4, 0.5) is 5.69 Å². The van der Waals surface area contributed by atoms with Crippen molar-refractivity contribution in [2.45, 2.75) is 57.4 Å². The molecule has 0 aromatic heterocycles. The van der Waals surface area contributed by atoms with Gasteiger partial charge in [-0.15, -0.1) is 0 Å². The van der Waals surface area contributed by atoms with Crippen molar-refractivity contribution in [2.24, 2.45) is 10.9 Å². The SMILES string of the molecule is O=C(O)CCCCCC1CCNC(C2=Nc3ccccc3C2)C1. The predicted octanol–water partition coefficient (Wildman–Crippen LogP) is 3.72. The van der Waals surface area contributed by atoms with Crippen LogP contribution in [0.2, 0.25) is 0 Å². The molecule has 2 N–H and O–H groups in total. The number of carboxylic acids is 1. The van der Waals surface area contributed by atoms with Crippen molar-refractivity contribution in [1.29, 1.82) is 0 Å². The maximum atomic E-state index is 10.5. The van der Waals surface area contributed by atoms with Gasteiger partial charge in [-0.25, -0.2) is 0 Å². The number of rotatable bonds is 7. The van der Waals surface area contributed by atoms with Crippen molar-refractivity contribution in [2.75, 3.05) is 6.54 Å². The van der Waals surface area contributed by atoms with E-state index in [0.717, 1.165) is 43.8 Å². The van der Waals surface area contributed by atoms with E-state index in [9.17, 15) is 4.79 Å². The summed E-state index contributed by atoms with van der Waals surface area (Å²) in [5.41, 5.74) is 3.78. The van der Waals surface area contributed by atoms with E-state index in [1.807, 2.05) is 0 Å². The number of aliphatic carboxylic acids is 1. The highest BCUT2D eigenvalue weighted by Gasteiger charge is 2.27. The van der Waals surface area contributed by atoms with Crippen LogP contribution < -0.4 is 5.32 Å². The van der Waals surface area contributed by atoms with Crippen LogP contribution in [0.5, 0.6) is 0 Å². The van der Waals surface area contributed by atoms with Crippen LogP contribution in [0.15, 0.2) is 29.3 Å². The molecular formula is C19H26N2O2. The molecule has 1 fully saturated rings. The van der Waals surface area contributed by atoms with E-state index < -0.39 is 5.97 Å². The van der Waals surface area contributed by atoms with Crippen LogP contribution in [0, 0.1) is 5.92 Å². The van der Waals surface area contributed by atoms with Crippen molar-refractivity contribution in [3.63, 3.8) is 0 Å². The Labute approximate surface area is 138 Å². The average Bonchev–Trinajstić information content (AvgIpc) is 2.99. The summed E-state index contributed by atoms with van der Waals surface area (Å²) < 4.78 is 0. The first-order valence-corrected chi connectivity index (χ1v) is 8.83. The Hall–Kier alpha value is -1.68. The second kappa shape index (κ2) is 7.73. The molecule has 0 saturated carbocycles. The van der Waals surface area contributed by atoms with E-state index in [2.05, 4.69) is 29.6 Å². The van der Waals surface area contributed by atoms with Crippen LogP contribution in [0.25, 0.3) is 0 Å². The molecule has 4 nitrogen and oxygen atoms in total. The standard InChI is InChI=1S/C19H26N2O2/c22-19(23)9-3-1-2-6-14-10-11-20-17(12-14)18-13-15-7-4-5-8-16(15)21-18/h4-5,7-8,14,17,20H,1-3,6,9-13H2,(H,22,23). The number of hydrogen-bond acceptors (Lipinski definition) is 3. The molecule has 1 saturated heterocycles. The van der Waals surface area contributed by atoms with Gasteiger partial charge >= 0.3 is 5.97 Å². The second-order valence-electron chi connectivity index (χ2n) is 6.80. The minimum Gasteiger partial charge on any atom is -0.481 e. The Morgan fingerprint density at radius 2 is 2.13 bits per heavy atom. The molecule has 1 aromatic rings. The lowest BCUT2D eigenvalue weighted by Crippen LogP contribution is -2.43. The normalized spacial score (nSPS) is 23.4. The molecule has 3 rings (SSSR count). The summed E-state index contributed by atoms with van der Waals surface area (Å²) in [7, 11) is 0. The molecule has 0 aliphatic carbocycles. The maximum Gasteiger partial charge on any atom is 0.303 e. The second-order valence-corrected chi connectivity index (χ2v) is 6.80. The quantitative estimate of drug-likeness (QED) is 0.754. The molecule has 0 bridgehead atoms. The summed E-state index contributed by atoms with van der Waals surface area (Å²) in [5, 5.41) is 12.3. The van der Waals surface area contributed by atoms with Gasteiger partial charge in [-0.3, -0.25) is 9.79 Å². The Morgan fingerprint density at radius 3 is 2.96 bits per heavy atom. The molecule has 2 unspecified atom stereocenters. The van der Waals surface area contributed by atoms with E-state index in [4.69, 9.17) is 10.1 Å². The van der Waals surface area contributed by atoms with E-state index in [1.54, 1.807) is 0 Å². The lowest BCUT2D eigenvalue weighted by atomic mass is 9.85. The van der Waals surface area contributed by atoms with Crippen molar-refractivity contribution < 1.29 is 9.90 Å². The maximum absolute atomic E-state index is 10.5. The van der Waals surface area contributed by atoms with Crippen molar-refractivity contribution in [1.82, 2.24) is 5.32 Å². The number of piperidine rings is 1. The van der Waals surface area contributed by atoms with Crippen LogP contribution in [0.1, 0.15) is 50.5 Å². The predicted molar refractivity (Wildman–Crippen MR) is 92.5 cm³/mol. The number of nitrogens with one attached hydrogen (secondary N) is 1. The molecule has 1 aromatic carbocycles. The number of aliphatic imine (C=N–C) groups is 1. The van der Waals surface area contributed by atoms with Crippen LogP contribution in [0.3, 0.4) is 0 Å². The van der Waals surface area contributed by atoms with Gasteiger partial charge in [0.2, 0.25) is 0 Å². The zero-order valence-electron chi connectivity index (χ0n) is 13.6. The fourth-order valence-corrected chi connectivity index (χ4v) is 3.76. The highest BCUT2D eigenvalue weighted by atomic mass is 16.4. The molecule has 0 spiro atoms. The zero-order valence-corrected chi connectivity index (χ0v) is 13.6. The molecule has 2 atom stereocenters. The van der Waals surface area contributed by atoms with Crippen molar-refractivity contribution in [3.05, 3.63) is 29.8 Å². The molecule has 2 aliphatic heterocycles. The zero-order chi connectivity index (χ0) is 16.1. The number of hydrogen-bond donors (Lipinski definition) is 2. The number of para-hydroxylation sites is 1. The molecule has 2 aliphatic rings. The topological polar surface area (TPSA) is 61.7 Å². The third-order valence-corrected chi connectivity index (χ3v) is 5.04. The number of benzene rings is 1. The van der Waals surface area contributed by atoms with Crippen LogP contribution >= 0.6 is 0 Å². The summed E-state index contributed by atoms with van der Waals surface area (Å²) in [6.45, 7) is 1.07. The minimum atomic E-state index is -0.675. The van der Waals surface area contributed by atoms with Gasteiger partial charge in [0, 0.05) is 24.6 Å². The van der Waals surface area contributed by atoms with Gasteiger partial charge in [-0.1, -0.05) is 37.5 Å². The lowest BCUT2D eigenvalue weighted by molar-refractivity contribution is -0.137. The summed E-state index contributed by atoms with van der Waals surface area (Å²) in [4.78, 5) is 15.4. The monoisotopic (exact) mass is 314 g/mol. The minimum absolute atomic E-state index is 0.309. The first kappa shape index (κ1) is 16.2. The average molecular weight is 314 g/mol. The third-order valence-electron chi connectivity index (χ3n) is 5.04. The lowest BCUT2D eigenvalue weighted by Gasteiger charge is -2.30. The number of fused-ring (bicyclic) bond motifs is 1. The fraction of sp³-hybridized carbons (Fsp3) is 0.579. The van der Waals surface area contributed by atoms with Gasteiger partial charge in [0.15, 0.2) is 0 Å². The Balaban J connectivity index is 1.45. The van der Waals surface area contributed by atoms with Gasteiger partial charge in [0.25, 0.3) is 0 Å². The van der Waals surface area contributed by atoms with Crippen LogP contribution in [-0.4, -0.2) is 29.4 Å². The smallest absolute Gasteiger partial charge is 0.303 e. The van der Waals surface area contributed by atoms with Crippen molar-refractivity contribution >= 4 is 17.4 Å². The molecule has 124 valence electrons. The van der Waals surface area contributed by atoms with Crippen molar-refractivity contribution in [3.8, 4) is 0 Å².